The normalized spacial score (nSPS) is 26.3. The molecule has 90 valence electrons. The van der Waals surface area contributed by atoms with Crippen LogP contribution in [0.1, 0.15) is 12.0 Å². The molecular weight excluding hydrogens is 224 g/mol. The van der Waals surface area contributed by atoms with Gasteiger partial charge in [0, 0.05) is 17.9 Å². The topological polar surface area (TPSA) is 37.3 Å². The predicted molar refractivity (Wildman–Crippen MR) is 70.7 cm³/mol. The molecule has 1 aromatic carbocycles. The van der Waals surface area contributed by atoms with Crippen LogP contribution in [0.2, 0.25) is 0 Å². The molecule has 2 heteroatoms. The van der Waals surface area contributed by atoms with Gasteiger partial charge in [0.25, 0.3) is 0 Å². The zero-order valence-corrected chi connectivity index (χ0v) is 9.97. The summed E-state index contributed by atoms with van der Waals surface area (Å²) in [5.41, 5.74) is -0.468. The van der Waals surface area contributed by atoms with Crippen molar-refractivity contribution in [3.05, 3.63) is 60.7 Å². The maximum Gasteiger partial charge on any atom is 0.156 e. The van der Waals surface area contributed by atoms with Gasteiger partial charge >= 0.3 is 0 Å². The number of carbonyl (C=O) groups is 1. The number of rotatable bonds is 1. The highest BCUT2D eigenvalue weighted by molar-refractivity contribution is 5.91. The van der Waals surface area contributed by atoms with Crippen molar-refractivity contribution in [3.63, 3.8) is 0 Å². The van der Waals surface area contributed by atoms with Gasteiger partial charge in [-0.15, -0.1) is 6.58 Å². The zero-order chi connectivity index (χ0) is 13.0. The standard InChI is InChI=1S/C16H14O2/c1-2-14-12-15(17)9-11-16(14,18)10-8-13-6-4-3-5-7-13/h2-7,9,11,14,18H,1,12H2/t14-,16+/m1/s1. The van der Waals surface area contributed by atoms with Crippen molar-refractivity contribution in [3.8, 4) is 11.8 Å². The lowest BCUT2D eigenvalue weighted by molar-refractivity contribution is -0.117. The Kier molecular flexibility index (Phi) is 3.45. The second kappa shape index (κ2) is 5.03. The Balaban J connectivity index is 2.31. The van der Waals surface area contributed by atoms with Gasteiger partial charge in [-0.25, -0.2) is 0 Å². The van der Waals surface area contributed by atoms with Crippen molar-refractivity contribution in [2.45, 2.75) is 12.0 Å². The third kappa shape index (κ3) is 2.58. The molecule has 2 atom stereocenters. The molecule has 0 unspecified atom stereocenters. The molecule has 1 aliphatic carbocycles. The molecule has 0 heterocycles. The highest BCUT2D eigenvalue weighted by Gasteiger charge is 2.34. The van der Waals surface area contributed by atoms with Crippen LogP contribution in [0.4, 0.5) is 0 Å². The number of aliphatic hydroxyl groups is 1. The molecule has 0 saturated heterocycles. The molecule has 2 rings (SSSR count). The van der Waals surface area contributed by atoms with Crippen molar-refractivity contribution in [2.75, 3.05) is 0 Å². The average Bonchev–Trinajstić information content (AvgIpc) is 2.41. The molecular formula is C16H14O2. The van der Waals surface area contributed by atoms with Gasteiger partial charge in [-0.3, -0.25) is 4.79 Å². The average molecular weight is 238 g/mol. The van der Waals surface area contributed by atoms with E-state index in [9.17, 15) is 9.90 Å². The number of hydrogen-bond donors (Lipinski definition) is 1. The fourth-order valence-electron chi connectivity index (χ4n) is 1.88. The van der Waals surface area contributed by atoms with Crippen molar-refractivity contribution >= 4 is 5.78 Å². The van der Waals surface area contributed by atoms with Crippen LogP contribution in [0.5, 0.6) is 0 Å². The molecule has 0 fully saturated rings. The van der Waals surface area contributed by atoms with E-state index in [0.29, 0.717) is 0 Å². The molecule has 0 saturated carbocycles. The van der Waals surface area contributed by atoms with Crippen LogP contribution >= 0.6 is 0 Å². The van der Waals surface area contributed by atoms with Gasteiger partial charge in [0.15, 0.2) is 11.4 Å². The molecule has 1 N–H and O–H groups in total. The summed E-state index contributed by atoms with van der Waals surface area (Å²) < 4.78 is 0. The number of allylic oxidation sites excluding steroid dienone is 1. The molecule has 0 aromatic heterocycles. The van der Waals surface area contributed by atoms with Gasteiger partial charge in [0.1, 0.15) is 0 Å². The minimum absolute atomic E-state index is 0.00825. The minimum atomic E-state index is -1.30. The second-order valence-corrected chi connectivity index (χ2v) is 4.29. The van der Waals surface area contributed by atoms with E-state index in [0.717, 1.165) is 5.56 Å². The Morgan fingerprint density at radius 3 is 2.78 bits per heavy atom. The van der Waals surface area contributed by atoms with Crippen LogP contribution < -0.4 is 0 Å². The van der Waals surface area contributed by atoms with Crippen LogP contribution in [0, 0.1) is 17.8 Å². The molecule has 0 bridgehead atoms. The summed E-state index contributed by atoms with van der Waals surface area (Å²) in [7, 11) is 0. The van der Waals surface area contributed by atoms with Gasteiger partial charge < -0.3 is 5.11 Å². The lowest BCUT2D eigenvalue weighted by atomic mass is 9.80. The van der Waals surface area contributed by atoms with Crippen molar-refractivity contribution in [1.29, 1.82) is 0 Å². The summed E-state index contributed by atoms with van der Waals surface area (Å²) in [4.78, 5) is 11.3. The first-order chi connectivity index (χ1) is 8.64. The SMILES string of the molecule is C=C[C@@H]1CC(=O)C=C[C@@]1(O)C#Cc1ccccc1. The highest BCUT2D eigenvalue weighted by atomic mass is 16.3. The minimum Gasteiger partial charge on any atom is -0.373 e. The second-order valence-electron chi connectivity index (χ2n) is 4.29. The van der Waals surface area contributed by atoms with E-state index in [-0.39, 0.29) is 18.1 Å². The zero-order valence-electron chi connectivity index (χ0n) is 9.97. The fourth-order valence-corrected chi connectivity index (χ4v) is 1.88. The Morgan fingerprint density at radius 2 is 2.11 bits per heavy atom. The largest absolute Gasteiger partial charge is 0.373 e. The van der Waals surface area contributed by atoms with Gasteiger partial charge in [0.2, 0.25) is 0 Å². The quantitative estimate of drug-likeness (QED) is 0.601. The highest BCUT2D eigenvalue weighted by Crippen LogP contribution is 2.27. The number of carbonyl (C=O) groups excluding carboxylic acids is 1. The molecule has 0 amide bonds. The fraction of sp³-hybridized carbons (Fsp3) is 0.188. The number of ketones is 1. The van der Waals surface area contributed by atoms with Gasteiger partial charge in [0.05, 0.1) is 0 Å². The first kappa shape index (κ1) is 12.3. The smallest absolute Gasteiger partial charge is 0.156 e. The van der Waals surface area contributed by atoms with Gasteiger partial charge in [-0.1, -0.05) is 36.1 Å². The Bertz CT molecular complexity index is 545. The summed E-state index contributed by atoms with van der Waals surface area (Å²) in [6.07, 6.45) is 4.68. The summed E-state index contributed by atoms with van der Waals surface area (Å²) in [5, 5.41) is 10.4. The first-order valence-corrected chi connectivity index (χ1v) is 5.79. The van der Waals surface area contributed by atoms with E-state index in [1.807, 2.05) is 30.3 Å². The Labute approximate surface area is 107 Å². The Hall–Kier alpha value is -2.11. The lowest BCUT2D eigenvalue weighted by Gasteiger charge is -2.28. The molecule has 2 nitrogen and oxygen atoms in total. The Morgan fingerprint density at radius 1 is 1.39 bits per heavy atom. The molecule has 1 aromatic rings. The lowest BCUT2D eigenvalue weighted by Crippen LogP contribution is -2.37. The van der Waals surface area contributed by atoms with E-state index in [2.05, 4.69) is 18.4 Å². The van der Waals surface area contributed by atoms with Crippen LogP contribution in [0.25, 0.3) is 0 Å². The van der Waals surface area contributed by atoms with Gasteiger partial charge in [-0.05, 0) is 24.3 Å². The van der Waals surface area contributed by atoms with Crippen LogP contribution in [0.3, 0.4) is 0 Å². The van der Waals surface area contributed by atoms with Crippen LogP contribution in [0.15, 0.2) is 55.1 Å². The summed E-state index contributed by atoms with van der Waals surface area (Å²) in [6.45, 7) is 3.66. The van der Waals surface area contributed by atoms with E-state index in [4.69, 9.17) is 0 Å². The van der Waals surface area contributed by atoms with Gasteiger partial charge in [-0.2, -0.15) is 0 Å². The molecule has 0 spiro atoms. The first-order valence-electron chi connectivity index (χ1n) is 5.79. The summed E-state index contributed by atoms with van der Waals surface area (Å²) in [6, 6.07) is 9.43. The van der Waals surface area contributed by atoms with E-state index in [1.54, 1.807) is 6.08 Å². The van der Waals surface area contributed by atoms with E-state index >= 15 is 0 Å². The maximum atomic E-state index is 11.3. The van der Waals surface area contributed by atoms with Crippen LogP contribution in [-0.4, -0.2) is 16.5 Å². The third-order valence-electron chi connectivity index (χ3n) is 2.98. The number of hydrogen-bond acceptors (Lipinski definition) is 2. The van der Waals surface area contributed by atoms with E-state index < -0.39 is 5.60 Å². The van der Waals surface area contributed by atoms with Crippen molar-refractivity contribution < 1.29 is 9.90 Å². The molecule has 1 aliphatic rings. The molecule has 18 heavy (non-hydrogen) atoms. The predicted octanol–water partition coefficient (Wildman–Crippen LogP) is 2.10. The van der Waals surface area contributed by atoms with Crippen molar-refractivity contribution in [1.82, 2.24) is 0 Å². The third-order valence-corrected chi connectivity index (χ3v) is 2.98. The monoisotopic (exact) mass is 238 g/mol. The summed E-state index contributed by atoms with van der Waals surface area (Å²) >= 11 is 0. The number of benzene rings is 1. The molecule has 0 radical (unpaired) electrons. The van der Waals surface area contributed by atoms with E-state index in [1.165, 1.54) is 12.2 Å². The molecule has 0 aliphatic heterocycles. The summed E-state index contributed by atoms with van der Waals surface area (Å²) in [5.74, 6) is 5.39. The van der Waals surface area contributed by atoms with Crippen molar-refractivity contribution in [2.24, 2.45) is 5.92 Å². The maximum absolute atomic E-state index is 11.3. The van der Waals surface area contributed by atoms with Crippen LogP contribution in [-0.2, 0) is 4.79 Å².